The van der Waals surface area contributed by atoms with E-state index in [9.17, 15) is 13.2 Å². The summed E-state index contributed by atoms with van der Waals surface area (Å²) >= 11 is 1.51. The molecule has 4 rings (SSSR count). The molecule has 7 nitrogen and oxygen atoms in total. The molecule has 0 N–H and O–H groups in total. The van der Waals surface area contributed by atoms with Crippen molar-refractivity contribution in [3.05, 3.63) is 52.5 Å². The second-order valence-electron chi connectivity index (χ2n) is 5.25. The van der Waals surface area contributed by atoms with Crippen LogP contribution in [0.4, 0.5) is 13.2 Å². The first kappa shape index (κ1) is 16.4. The van der Waals surface area contributed by atoms with Crippen LogP contribution >= 0.6 is 11.3 Å². The summed E-state index contributed by atoms with van der Waals surface area (Å²) in [6.07, 6.45) is -4.44. The molecule has 26 heavy (non-hydrogen) atoms. The lowest BCUT2D eigenvalue weighted by atomic mass is 10.1. The lowest BCUT2D eigenvalue weighted by Gasteiger charge is -2.06. The first-order valence-corrected chi connectivity index (χ1v) is 8.24. The maximum atomic E-state index is 12.8. The third-order valence-corrected chi connectivity index (χ3v) is 4.11. The fourth-order valence-electron chi connectivity index (χ4n) is 2.21. The van der Waals surface area contributed by atoms with Crippen molar-refractivity contribution >= 4 is 11.3 Å². The van der Waals surface area contributed by atoms with Gasteiger partial charge < -0.3 is 4.52 Å². The van der Waals surface area contributed by atoms with E-state index in [1.165, 1.54) is 28.3 Å². The first-order valence-electron chi connectivity index (χ1n) is 7.29. The number of benzene rings is 1. The zero-order valence-electron chi connectivity index (χ0n) is 12.9. The Labute approximate surface area is 148 Å². The van der Waals surface area contributed by atoms with E-state index in [0.29, 0.717) is 5.82 Å². The minimum atomic E-state index is -4.44. The van der Waals surface area contributed by atoms with E-state index in [4.69, 9.17) is 4.52 Å². The van der Waals surface area contributed by atoms with Crippen LogP contribution in [0.15, 0.2) is 45.6 Å². The van der Waals surface area contributed by atoms with Gasteiger partial charge in [-0.05, 0) is 28.8 Å². The Hall–Kier alpha value is -3.08. The average molecular weight is 378 g/mol. The van der Waals surface area contributed by atoms with Gasteiger partial charge in [-0.2, -0.15) is 34.3 Å². The van der Waals surface area contributed by atoms with Crippen LogP contribution in [0, 0.1) is 0 Å². The number of tetrazole rings is 1. The summed E-state index contributed by atoms with van der Waals surface area (Å²) in [6, 6.07) is 6.60. The number of aromatic nitrogens is 6. The molecule has 0 saturated carbocycles. The van der Waals surface area contributed by atoms with E-state index in [-0.39, 0.29) is 23.8 Å². The molecule has 1 aromatic carbocycles. The first-order chi connectivity index (χ1) is 12.5. The standard InChI is InChI=1S/C15H9F3N6OS/c16-15(17,18)11-3-1-2-9(6-11)14-20-23-24(21-14)7-12-19-13(22-25-12)10-4-5-26-8-10/h1-6,8H,7H2. The van der Waals surface area contributed by atoms with Gasteiger partial charge in [-0.25, -0.2) is 0 Å². The summed E-state index contributed by atoms with van der Waals surface area (Å²) in [5.41, 5.74) is 0.278. The van der Waals surface area contributed by atoms with Gasteiger partial charge in [0.2, 0.25) is 11.6 Å². The Morgan fingerprint density at radius 1 is 1.12 bits per heavy atom. The lowest BCUT2D eigenvalue weighted by Crippen LogP contribution is -2.05. The van der Waals surface area contributed by atoms with Gasteiger partial charge in [0.1, 0.15) is 6.54 Å². The molecule has 0 atom stereocenters. The molecule has 0 saturated heterocycles. The molecule has 0 aliphatic heterocycles. The van der Waals surface area contributed by atoms with Gasteiger partial charge in [0.15, 0.2) is 0 Å². The largest absolute Gasteiger partial charge is 0.416 e. The third kappa shape index (κ3) is 3.33. The molecule has 0 amide bonds. The number of hydrogen-bond acceptors (Lipinski definition) is 7. The monoisotopic (exact) mass is 378 g/mol. The van der Waals surface area contributed by atoms with Crippen molar-refractivity contribution in [3.8, 4) is 22.8 Å². The number of alkyl halides is 3. The molecule has 132 valence electrons. The maximum absolute atomic E-state index is 12.8. The van der Waals surface area contributed by atoms with Crippen LogP contribution < -0.4 is 0 Å². The molecule has 0 bridgehead atoms. The number of halogens is 3. The number of nitrogens with zero attached hydrogens (tertiary/aromatic N) is 6. The van der Waals surface area contributed by atoms with E-state index in [1.807, 2.05) is 16.8 Å². The Morgan fingerprint density at radius 3 is 2.77 bits per heavy atom. The molecule has 0 unspecified atom stereocenters. The van der Waals surface area contributed by atoms with Crippen molar-refractivity contribution in [1.82, 2.24) is 30.3 Å². The fraction of sp³-hybridized carbons (Fsp3) is 0.133. The quantitative estimate of drug-likeness (QED) is 0.540. The summed E-state index contributed by atoms with van der Waals surface area (Å²) in [5, 5.41) is 19.3. The van der Waals surface area contributed by atoms with Gasteiger partial charge in [0.05, 0.1) is 5.56 Å². The molecule has 3 heterocycles. The number of rotatable bonds is 4. The summed E-state index contributed by atoms with van der Waals surface area (Å²) in [6.45, 7) is 0.0586. The van der Waals surface area contributed by atoms with E-state index < -0.39 is 11.7 Å². The summed E-state index contributed by atoms with van der Waals surface area (Å²) in [5.74, 6) is 0.785. The van der Waals surface area contributed by atoms with Crippen molar-refractivity contribution in [2.24, 2.45) is 0 Å². The van der Waals surface area contributed by atoms with Crippen molar-refractivity contribution in [2.75, 3.05) is 0 Å². The predicted molar refractivity (Wildman–Crippen MR) is 85.0 cm³/mol. The number of thiophene rings is 1. The summed E-state index contributed by atoms with van der Waals surface area (Å²) < 4.78 is 43.6. The van der Waals surface area contributed by atoms with E-state index >= 15 is 0 Å². The van der Waals surface area contributed by atoms with Crippen molar-refractivity contribution in [3.63, 3.8) is 0 Å². The van der Waals surface area contributed by atoms with E-state index in [2.05, 4.69) is 25.6 Å². The van der Waals surface area contributed by atoms with Crippen LogP contribution in [0.1, 0.15) is 11.5 Å². The Morgan fingerprint density at radius 2 is 2.00 bits per heavy atom. The van der Waals surface area contributed by atoms with E-state index in [1.54, 1.807) is 0 Å². The topological polar surface area (TPSA) is 82.5 Å². The molecule has 0 aliphatic rings. The molecular formula is C15H9F3N6OS. The third-order valence-electron chi connectivity index (χ3n) is 3.43. The molecule has 0 aliphatic carbocycles. The summed E-state index contributed by atoms with van der Waals surface area (Å²) in [7, 11) is 0. The Kier molecular flexibility index (Phi) is 3.99. The van der Waals surface area contributed by atoms with Crippen LogP contribution in [0.3, 0.4) is 0 Å². The highest BCUT2D eigenvalue weighted by Gasteiger charge is 2.30. The molecule has 0 fully saturated rings. The van der Waals surface area contributed by atoms with Crippen molar-refractivity contribution < 1.29 is 17.7 Å². The maximum Gasteiger partial charge on any atom is 0.416 e. The van der Waals surface area contributed by atoms with E-state index in [0.717, 1.165) is 17.7 Å². The number of hydrogen-bond donors (Lipinski definition) is 0. The van der Waals surface area contributed by atoms with Gasteiger partial charge in [0, 0.05) is 16.5 Å². The highest BCUT2D eigenvalue weighted by molar-refractivity contribution is 7.08. The molecule has 4 aromatic rings. The van der Waals surface area contributed by atoms with Crippen molar-refractivity contribution in [1.29, 1.82) is 0 Å². The van der Waals surface area contributed by atoms with Crippen LogP contribution in [0.5, 0.6) is 0 Å². The zero-order chi connectivity index (χ0) is 18.1. The van der Waals surface area contributed by atoms with Crippen LogP contribution in [-0.2, 0) is 12.7 Å². The van der Waals surface area contributed by atoms with Gasteiger partial charge in [-0.1, -0.05) is 17.3 Å². The van der Waals surface area contributed by atoms with Crippen LogP contribution in [0.25, 0.3) is 22.8 Å². The minimum Gasteiger partial charge on any atom is -0.337 e. The zero-order valence-corrected chi connectivity index (χ0v) is 13.7. The molecule has 0 radical (unpaired) electrons. The second kappa shape index (κ2) is 6.33. The second-order valence-corrected chi connectivity index (χ2v) is 6.03. The van der Waals surface area contributed by atoms with Gasteiger partial charge >= 0.3 is 6.18 Å². The molecule has 0 spiro atoms. The molecular weight excluding hydrogens is 369 g/mol. The predicted octanol–water partition coefficient (Wildman–Crippen LogP) is 3.52. The highest BCUT2D eigenvalue weighted by Crippen LogP contribution is 2.31. The molecule has 3 aromatic heterocycles. The summed E-state index contributed by atoms with van der Waals surface area (Å²) in [4.78, 5) is 5.41. The van der Waals surface area contributed by atoms with Gasteiger partial charge in [-0.15, -0.1) is 10.2 Å². The normalized spacial score (nSPS) is 11.8. The molecule has 11 heteroatoms. The van der Waals surface area contributed by atoms with Crippen LogP contribution in [0.2, 0.25) is 0 Å². The lowest BCUT2D eigenvalue weighted by molar-refractivity contribution is -0.137. The Balaban J connectivity index is 1.54. The minimum absolute atomic E-state index is 0.0586. The smallest absolute Gasteiger partial charge is 0.337 e. The van der Waals surface area contributed by atoms with Crippen molar-refractivity contribution in [2.45, 2.75) is 12.7 Å². The fourth-order valence-corrected chi connectivity index (χ4v) is 2.84. The van der Waals surface area contributed by atoms with Gasteiger partial charge in [-0.3, -0.25) is 0 Å². The average Bonchev–Trinajstić information content (AvgIpc) is 3.36. The highest BCUT2D eigenvalue weighted by atomic mass is 32.1. The van der Waals surface area contributed by atoms with Gasteiger partial charge in [0.25, 0.3) is 5.89 Å². The SMILES string of the molecule is FC(F)(F)c1cccc(-c2nnn(Cc3nc(-c4ccsc4)no3)n2)c1. The van der Waals surface area contributed by atoms with Crippen LogP contribution in [-0.4, -0.2) is 30.3 Å². The Bertz CT molecular complexity index is 1020.